The van der Waals surface area contributed by atoms with Gasteiger partial charge in [0.1, 0.15) is 11.3 Å². The highest BCUT2D eigenvalue weighted by molar-refractivity contribution is 6.35. The average Bonchev–Trinajstić information content (AvgIpc) is 2.58. The van der Waals surface area contributed by atoms with Crippen LogP contribution in [-0.2, 0) is 4.79 Å². The van der Waals surface area contributed by atoms with Crippen LogP contribution in [0, 0.1) is 5.21 Å². The average molecular weight is 384 g/mol. The monoisotopic (exact) mass is 383 g/mol. The molecule has 0 saturated carbocycles. The maximum atomic E-state index is 11.8. The van der Waals surface area contributed by atoms with E-state index in [1.807, 2.05) is 0 Å². The molecule has 0 bridgehead atoms. The van der Waals surface area contributed by atoms with E-state index in [1.165, 1.54) is 18.3 Å². The highest BCUT2D eigenvalue weighted by Gasteiger charge is 2.10. The third-order valence-corrected chi connectivity index (χ3v) is 3.58. The minimum absolute atomic E-state index is 0.138. The molecule has 1 heterocycles. The van der Waals surface area contributed by atoms with Gasteiger partial charge in [0.15, 0.2) is 12.4 Å². The Hall–Kier alpha value is -2.51. The van der Waals surface area contributed by atoms with Crippen molar-refractivity contribution in [3.05, 3.63) is 63.5 Å². The Morgan fingerprint density at radius 1 is 1.20 bits per heavy atom. The molecule has 25 heavy (non-hydrogen) atoms. The SMILES string of the molecule is O=C(CCCOc1ccc(Cl)cc1Cl)NNC(=O)c1ccc[n+]([O-])c1. The van der Waals surface area contributed by atoms with Crippen LogP contribution in [-0.4, -0.2) is 18.4 Å². The van der Waals surface area contributed by atoms with Gasteiger partial charge in [0.25, 0.3) is 5.91 Å². The van der Waals surface area contributed by atoms with E-state index in [1.54, 1.807) is 18.2 Å². The van der Waals surface area contributed by atoms with Gasteiger partial charge in [-0.1, -0.05) is 23.2 Å². The standard InChI is InChI=1S/C16H15Cl2N3O4/c17-12-5-6-14(13(18)9-12)25-8-2-4-15(22)19-20-16(23)11-3-1-7-21(24)10-11/h1,3,5-7,9-10H,2,4,8H2,(H,19,22)(H,20,23). The number of pyridine rings is 1. The van der Waals surface area contributed by atoms with Gasteiger partial charge in [0.05, 0.1) is 11.6 Å². The summed E-state index contributed by atoms with van der Waals surface area (Å²) in [6, 6.07) is 7.76. The molecule has 0 aliphatic rings. The lowest BCUT2D eigenvalue weighted by Crippen LogP contribution is -2.42. The molecule has 0 aliphatic carbocycles. The maximum Gasteiger partial charge on any atom is 0.275 e. The summed E-state index contributed by atoms with van der Waals surface area (Å²) in [6.45, 7) is 0.275. The highest BCUT2D eigenvalue weighted by atomic mass is 35.5. The van der Waals surface area contributed by atoms with Crippen molar-refractivity contribution in [3.8, 4) is 5.75 Å². The maximum absolute atomic E-state index is 11.8. The number of amides is 2. The van der Waals surface area contributed by atoms with E-state index in [4.69, 9.17) is 27.9 Å². The number of hydrazine groups is 1. The summed E-state index contributed by atoms with van der Waals surface area (Å²) in [5, 5.41) is 12.0. The molecule has 2 N–H and O–H groups in total. The summed E-state index contributed by atoms with van der Waals surface area (Å²) in [4.78, 5) is 23.4. The number of rotatable bonds is 6. The van der Waals surface area contributed by atoms with Crippen LogP contribution in [0.25, 0.3) is 0 Å². The van der Waals surface area contributed by atoms with Crippen LogP contribution in [0.2, 0.25) is 10.0 Å². The van der Waals surface area contributed by atoms with Crippen molar-refractivity contribution >= 4 is 35.0 Å². The first kappa shape index (κ1) is 18.8. The molecule has 7 nitrogen and oxygen atoms in total. The van der Waals surface area contributed by atoms with E-state index < -0.39 is 5.91 Å². The molecule has 0 radical (unpaired) electrons. The van der Waals surface area contributed by atoms with Crippen LogP contribution < -0.4 is 20.3 Å². The third-order valence-electron chi connectivity index (χ3n) is 3.05. The number of carbonyl (C=O) groups is 2. The number of aromatic nitrogens is 1. The van der Waals surface area contributed by atoms with E-state index in [2.05, 4.69) is 10.9 Å². The first-order chi connectivity index (χ1) is 12.0. The Morgan fingerprint density at radius 3 is 2.72 bits per heavy atom. The second-order valence-corrected chi connectivity index (χ2v) is 5.83. The van der Waals surface area contributed by atoms with Gasteiger partial charge >= 0.3 is 0 Å². The predicted octanol–water partition coefficient (Wildman–Crippen LogP) is 2.25. The summed E-state index contributed by atoms with van der Waals surface area (Å²) >= 11 is 11.8. The molecule has 0 saturated heterocycles. The molecule has 2 rings (SSSR count). The zero-order chi connectivity index (χ0) is 18.2. The second-order valence-electron chi connectivity index (χ2n) is 4.98. The van der Waals surface area contributed by atoms with E-state index in [0.29, 0.717) is 26.9 Å². The number of nitrogens with zero attached hydrogens (tertiary/aromatic N) is 1. The first-order valence-electron chi connectivity index (χ1n) is 7.31. The van der Waals surface area contributed by atoms with Gasteiger partial charge in [-0.05, 0) is 30.7 Å². The number of ether oxygens (including phenoxy) is 1. The number of hydrogen-bond donors (Lipinski definition) is 2. The van der Waals surface area contributed by atoms with Crippen molar-refractivity contribution in [1.82, 2.24) is 10.9 Å². The Labute approximate surface area is 154 Å². The molecular formula is C16H15Cl2N3O4. The summed E-state index contributed by atoms with van der Waals surface area (Å²) in [5.41, 5.74) is 4.64. The molecule has 0 atom stereocenters. The summed E-state index contributed by atoms with van der Waals surface area (Å²) < 4.78 is 5.95. The molecule has 0 aliphatic heterocycles. The van der Waals surface area contributed by atoms with Crippen molar-refractivity contribution in [2.75, 3.05) is 6.61 Å². The molecule has 0 fully saturated rings. The Kier molecular flexibility index (Phi) is 6.85. The van der Waals surface area contributed by atoms with Crippen molar-refractivity contribution in [2.24, 2.45) is 0 Å². The smallest absolute Gasteiger partial charge is 0.275 e. The number of carbonyl (C=O) groups excluding carboxylic acids is 2. The zero-order valence-electron chi connectivity index (χ0n) is 13.0. The minimum Gasteiger partial charge on any atom is -0.619 e. The molecule has 0 spiro atoms. The first-order valence-corrected chi connectivity index (χ1v) is 8.07. The topological polar surface area (TPSA) is 94.4 Å². The molecule has 1 aromatic heterocycles. The van der Waals surface area contributed by atoms with Crippen molar-refractivity contribution in [1.29, 1.82) is 0 Å². The van der Waals surface area contributed by atoms with Gasteiger partial charge in [-0.2, -0.15) is 4.73 Å². The minimum atomic E-state index is -0.581. The normalized spacial score (nSPS) is 10.2. The highest BCUT2D eigenvalue weighted by Crippen LogP contribution is 2.27. The van der Waals surface area contributed by atoms with Crippen LogP contribution in [0.1, 0.15) is 23.2 Å². The van der Waals surface area contributed by atoms with Gasteiger partial charge < -0.3 is 9.94 Å². The fourth-order valence-electron chi connectivity index (χ4n) is 1.86. The zero-order valence-corrected chi connectivity index (χ0v) is 14.5. The second kappa shape index (κ2) is 9.10. The van der Waals surface area contributed by atoms with E-state index in [-0.39, 0.29) is 24.5 Å². The number of hydrogen-bond acceptors (Lipinski definition) is 4. The van der Waals surface area contributed by atoms with Gasteiger partial charge in [-0.15, -0.1) is 0 Å². The predicted molar refractivity (Wildman–Crippen MR) is 92.2 cm³/mol. The lowest BCUT2D eigenvalue weighted by molar-refractivity contribution is -0.605. The molecule has 2 amide bonds. The van der Waals surface area contributed by atoms with Crippen LogP contribution in [0.15, 0.2) is 42.7 Å². The summed E-state index contributed by atoms with van der Waals surface area (Å²) in [7, 11) is 0. The Morgan fingerprint density at radius 2 is 2.00 bits per heavy atom. The quantitative estimate of drug-likeness (QED) is 0.346. The number of benzene rings is 1. The summed E-state index contributed by atoms with van der Waals surface area (Å²) in [6.07, 6.45) is 2.92. The molecule has 2 aromatic rings. The number of nitrogens with one attached hydrogen (secondary N) is 2. The fraction of sp³-hybridized carbons (Fsp3) is 0.188. The molecule has 1 aromatic carbocycles. The third kappa shape index (κ3) is 6.13. The Balaban J connectivity index is 1.68. The van der Waals surface area contributed by atoms with Crippen LogP contribution in [0.4, 0.5) is 0 Å². The van der Waals surface area contributed by atoms with E-state index >= 15 is 0 Å². The molecular weight excluding hydrogens is 369 g/mol. The largest absolute Gasteiger partial charge is 0.619 e. The van der Waals surface area contributed by atoms with Crippen LogP contribution >= 0.6 is 23.2 Å². The lowest BCUT2D eigenvalue weighted by Gasteiger charge is -2.09. The molecule has 0 unspecified atom stereocenters. The van der Waals surface area contributed by atoms with Gasteiger partial charge in [0, 0.05) is 17.5 Å². The van der Waals surface area contributed by atoms with Crippen molar-refractivity contribution in [3.63, 3.8) is 0 Å². The Bertz CT molecular complexity index is 771. The number of halogens is 2. The van der Waals surface area contributed by atoms with Crippen molar-refractivity contribution < 1.29 is 19.1 Å². The van der Waals surface area contributed by atoms with Gasteiger partial charge in [-0.3, -0.25) is 20.4 Å². The van der Waals surface area contributed by atoms with E-state index in [0.717, 1.165) is 6.20 Å². The summed E-state index contributed by atoms with van der Waals surface area (Å²) in [5.74, 6) is -0.484. The van der Waals surface area contributed by atoms with Gasteiger partial charge in [0.2, 0.25) is 5.91 Å². The van der Waals surface area contributed by atoms with Crippen LogP contribution in [0.3, 0.4) is 0 Å². The van der Waals surface area contributed by atoms with E-state index in [9.17, 15) is 14.8 Å². The van der Waals surface area contributed by atoms with Crippen LogP contribution in [0.5, 0.6) is 5.75 Å². The molecule has 9 heteroatoms. The van der Waals surface area contributed by atoms with Crippen molar-refractivity contribution in [2.45, 2.75) is 12.8 Å². The lowest BCUT2D eigenvalue weighted by atomic mass is 10.3. The fourth-order valence-corrected chi connectivity index (χ4v) is 2.32. The molecule has 132 valence electrons. The van der Waals surface area contributed by atoms with Gasteiger partial charge in [-0.25, -0.2) is 0 Å².